The van der Waals surface area contributed by atoms with E-state index < -0.39 is 16.2 Å². The van der Waals surface area contributed by atoms with E-state index in [0.717, 1.165) is 42.5 Å². The molecule has 0 unspecified atom stereocenters. The molecule has 164 valence electrons. The average molecular weight is 436 g/mol. The number of rotatable bonds is 12. The van der Waals surface area contributed by atoms with Crippen LogP contribution in [0.15, 0.2) is 48.5 Å². The van der Waals surface area contributed by atoms with Crippen molar-refractivity contribution in [2.75, 3.05) is 31.8 Å². The van der Waals surface area contributed by atoms with Crippen LogP contribution in [0.1, 0.15) is 24.5 Å². The second kappa shape index (κ2) is 11.6. The Hall–Kier alpha value is -2.58. The molecular weight excluding hydrogens is 406 g/mol. The van der Waals surface area contributed by atoms with Gasteiger partial charge in [-0.1, -0.05) is 24.3 Å². The Morgan fingerprint density at radius 2 is 1.67 bits per heavy atom. The van der Waals surface area contributed by atoms with Gasteiger partial charge in [0, 0.05) is 25.8 Å². The second-order valence-corrected chi connectivity index (χ2v) is 8.41. The van der Waals surface area contributed by atoms with Gasteiger partial charge in [0.1, 0.15) is 5.75 Å². The highest BCUT2D eigenvalue weighted by Gasteiger charge is 2.19. The summed E-state index contributed by atoms with van der Waals surface area (Å²) in [4.78, 5) is 11.8. The van der Waals surface area contributed by atoms with Gasteiger partial charge in [0.2, 0.25) is 0 Å². The maximum absolute atomic E-state index is 11.8. The second-order valence-electron chi connectivity index (χ2n) is 6.84. The van der Waals surface area contributed by atoms with Crippen LogP contribution >= 0.6 is 0 Å². The first-order valence-corrected chi connectivity index (χ1v) is 11.6. The normalized spacial score (nSPS) is 12.2. The van der Waals surface area contributed by atoms with Crippen molar-refractivity contribution >= 4 is 21.8 Å². The average Bonchev–Trinajstić information content (AvgIpc) is 2.70. The molecule has 2 aromatic carbocycles. The summed E-state index contributed by atoms with van der Waals surface area (Å²) in [7, 11) is -2.00. The number of carbonyl (C=O) groups excluding carboxylic acids is 1. The Bertz CT molecular complexity index is 894. The van der Waals surface area contributed by atoms with Crippen LogP contribution < -0.4 is 9.50 Å². The highest BCUT2D eigenvalue weighted by Crippen LogP contribution is 2.16. The van der Waals surface area contributed by atoms with Crippen LogP contribution in [0.3, 0.4) is 0 Å². The molecule has 0 aliphatic rings. The Labute approximate surface area is 178 Å². The zero-order valence-corrected chi connectivity index (χ0v) is 18.4. The van der Waals surface area contributed by atoms with Crippen molar-refractivity contribution in [1.29, 1.82) is 0 Å². The number of benzene rings is 2. The van der Waals surface area contributed by atoms with E-state index in [1.165, 1.54) is 7.11 Å². The molecule has 0 heterocycles. The highest BCUT2D eigenvalue weighted by atomic mass is 32.2. The van der Waals surface area contributed by atoms with Gasteiger partial charge in [-0.3, -0.25) is 0 Å². The van der Waals surface area contributed by atoms with Crippen LogP contribution in [0.5, 0.6) is 5.75 Å². The third-order valence-corrected chi connectivity index (χ3v) is 4.85. The van der Waals surface area contributed by atoms with Crippen molar-refractivity contribution in [2.24, 2.45) is 0 Å². The van der Waals surface area contributed by atoms with Crippen LogP contribution in [0.4, 0.5) is 5.69 Å². The Balaban J connectivity index is 1.75. The Morgan fingerprint density at radius 1 is 1.03 bits per heavy atom. The highest BCUT2D eigenvalue weighted by molar-refractivity contribution is 7.86. The third-order valence-electron chi connectivity index (χ3n) is 4.35. The number of methoxy groups -OCH3 is 1. The molecule has 0 amide bonds. The molecule has 1 atom stereocenters. The lowest BCUT2D eigenvalue weighted by Gasteiger charge is -2.14. The van der Waals surface area contributed by atoms with Crippen molar-refractivity contribution < 1.29 is 26.9 Å². The van der Waals surface area contributed by atoms with Crippen molar-refractivity contribution in [3.8, 4) is 5.75 Å². The first-order chi connectivity index (χ1) is 14.3. The predicted molar refractivity (Wildman–Crippen MR) is 116 cm³/mol. The smallest absolute Gasteiger partial charge is 0.335 e. The van der Waals surface area contributed by atoms with Gasteiger partial charge in [-0.15, -0.1) is 0 Å². The van der Waals surface area contributed by atoms with Gasteiger partial charge >= 0.3 is 16.1 Å². The molecule has 7 nitrogen and oxygen atoms in total. The van der Waals surface area contributed by atoms with Gasteiger partial charge in [-0.25, -0.2) is 4.79 Å². The summed E-state index contributed by atoms with van der Waals surface area (Å²) >= 11 is 0. The van der Waals surface area contributed by atoms with Crippen molar-refractivity contribution in [1.82, 2.24) is 0 Å². The predicted octanol–water partition coefficient (Wildman–Crippen LogP) is 3.19. The minimum Gasteiger partial charge on any atom is -0.464 e. The van der Waals surface area contributed by atoms with E-state index in [2.05, 4.69) is 5.32 Å². The van der Waals surface area contributed by atoms with Crippen LogP contribution in [0, 0.1) is 0 Å². The molecule has 2 rings (SSSR count). The SMILES string of the molecule is CCOC(=O)[C@H](Cc1ccc(NCCCc2ccc(OS(C)(=O)=O)cc2)cc1)OC. The number of esters is 1. The standard InChI is InChI=1S/C22H29NO6S/c1-4-28-22(24)21(27-2)16-18-7-11-19(12-8-18)23-15-5-6-17-9-13-20(14-10-17)29-30(3,25)26/h7-14,21,23H,4-6,15-16H2,1-3H3/t21-/m0/s1. The molecule has 8 heteroatoms. The van der Waals surface area contributed by atoms with Crippen LogP contribution in [-0.4, -0.2) is 47.0 Å². The van der Waals surface area contributed by atoms with E-state index in [4.69, 9.17) is 13.7 Å². The summed E-state index contributed by atoms with van der Waals surface area (Å²) in [6.45, 7) is 2.90. The number of hydrogen-bond acceptors (Lipinski definition) is 7. The van der Waals surface area contributed by atoms with E-state index in [9.17, 15) is 13.2 Å². The largest absolute Gasteiger partial charge is 0.464 e. The molecule has 0 radical (unpaired) electrons. The summed E-state index contributed by atoms with van der Waals surface area (Å²) in [5, 5.41) is 3.37. The third kappa shape index (κ3) is 8.42. The van der Waals surface area contributed by atoms with Gasteiger partial charge in [0.05, 0.1) is 12.9 Å². The van der Waals surface area contributed by atoms with Crippen molar-refractivity contribution in [3.05, 3.63) is 59.7 Å². The van der Waals surface area contributed by atoms with Crippen molar-refractivity contribution in [3.63, 3.8) is 0 Å². The fourth-order valence-corrected chi connectivity index (χ4v) is 3.34. The number of anilines is 1. The maximum atomic E-state index is 11.8. The van der Waals surface area contributed by atoms with Crippen molar-refractivity contribution in [2.45, 2.75) is 32.3 Å². The number of hydrogen-bond donors (Lipinski definition) is 1. The van der Waals surface area contributed by atoms with Gasteiger partial charge in [-0.05, 0) is 55.2 Å². The molecule has 0 aliphatic carbocycles. The quantitative estimate of drug-likeness (QED) is 0.311. The minimum absolute atomic E-state index is 0.318. The number of aryl methyl sites for hydroxylation is 1. The molecule has 0 aromatic heterocycles. The van der Waals surface area contributed by atoms with Gasteiger partial charge in [-0.2, -0.15) is 8.42 Å². The van der Waals surface area contributed by atoms with Crippen LogP contribution in [0.25, 0.3) is 0 Å². The van der Waals surface area contributed by atoms with E-state index in [-0.39, 0.29) is 5.97 Å². The van der Waals surface area contributed by atoms with E-state index in [1.807, 2.05) is 36.4 Å². The summed E-state index contributed by atoms with van der Waals surface area (Å²) in [6.07, 6.45) is 2.67. The van der Waals surface area contributed by atoms with E-state index >= 15 is 0 Å². The van der Waals surface area contributed by atoms with Gasteiger partial charge in [0.15, 0.2) is 6.10 Å². The number of carbonyl (C=O) groups is 1. The lowest BCUT2D eigenvalue weighted by atomic mass is 10.1. The fourth-order valence-electron chi connectivity index (χ4n) is 2.88. The molecule has 0 aliphatic heterocycles. The zero-order valence-electron chi connectivity index (χ0n) is 17.6. The monoisotopic (exact) mass is 435 g/mol. The molecule has 0 bridgehead atoms. The van der Waals surface area contributed by atoms with Crippen LogP contribution in [0.2, 0.25) is 0 Å². The molecule has 2 aromatic rings. The first kappa shape index (κ1) is 23.7. The summed E-state index contributed by atoms with van der Waals surface area (Å²) < 4.78 is 37.3. The summed E-state index contributed by atoms with van der Waals surface area (Å²) in [5.41, 5.74) is 3.11. The fraction of sp³-hybridized carbons (Fsp3) is 0.409. The van der Waals surface area contributed by atoms with Crippen LogP contribution in [-0.2, 0) is 37.2 Å². The number of ether oxygens (including phenoxy) is 2. The van der Waals surface area contributed by atoms with Gasteiger partial charge in [0.25, 0.3) is 0 Å². The summed E-state index contributed by atoms with van der Waals surface area (Å²) in [6, 6.07) is 14.9. The molecular formula is C22H29NO6S. The molecule has 30 heavy (non-hydrogen) atoms. The van der Waals surface area contributed by atoms with E-state index in [0.29, 0.717) is 18.8 Å². The maximum Gasteiger partial charge on any atom is 0.335 e. The number of nitrogens with one attached hydrogen (secondary N) is 1. The first-order valence-electron chi connectivity index (χ1n) is 9.81. The zero-order chi connectivity index (χ0) is 22.0. The molecule has 0 fully saturated rings. The molecule has 1 N–H and O–H groups in total. The van der Waals surface area contributed by atoms with E-state index in [1.54, 1.807) is 19.1 Å². The summed E-state index contributed by atoms with van der Waals surface area (Å²) in [5.74, 6) is -0.0313. The lowest BCUT2D eigenvalue weighted by Crippen LogP contribution is -2.27. The molecule has 0 saturated carbocycles. The van der Waals surface area contributed by atoms with Gasteiger partial charge < -0.3 is 19.0 Å². The topological polar surface area (TPSA) is 90.9 Å². The molecule has 0 spiro atoms. The Morgan fingerprint density at radius 3 is 2.23 bits per heavy atom. The lowest BCUT2D eigenvalue weighted by molar-refractivity contribution is -0.154. The Kier molecular flexibility index (Phi) is 9.14. The molecule has 0 saturated heterocycles. The minimum atomic E-state index is -3.50.